The first-order chi connectivity index (χ1) is 7.00. The van der Waals surface area contributed by atoms with Crippen LogP contribution in [0.15, 0.2) is 24.3 Å². The largest absolute Gasteiger partial charge is 0.399 e. The van der Waals surface area contributed by atoms with Crippen LogP contribution in [0.5, 0.6) is 0 Å². The monoisotopic (exact) mass is 207 g/mol. The van der Waals surface area contributed by atoms with Crippen molar-refractivity contribution in [1.29, 1.82) is 0 Å². The van der Waals surface area contributed by atoms with Gasteiger partial charge < -0.3 is 10.5 Å². The summed E-state index contributed by atoms with van der Waals surface area (Å²) < 4.78 is 5.90. The molecule has 0 radical (unpaired) electrons. The summed E-state index contributed by atoms with van der Waals surface area (Å²) in [5, 5.41) is 0. The fourth-order valence-corrected chi connectivity index (χ4v) is 1.60. The number of nitrogens with two attached hydrogens (primary N) is 1. The molecule has 0 aliphatic rings. The standard InChI is InChI=1S/C13H21NO/c1-9(2)13(15-10(3)4)11-5-7-12(14)8-6-11/h5-10,13H,14H2,1-4H3. The van der Waals surface area contributed by atoms with E-state index in [2.05, 4.69) is 27.7 Å². The van der Waals surface area contributed by atoms with E-state index >= 15 is 0 Å². The van der Waals surface area contributed by atoms with Crippen LogP contribution in [0, 0.1) is 5.92 Å². The molecule has 15 heavy (non-hydrogen) atoms. The van der Waals surface area contributed by atoms with Gasteiger partial charge in [0.2, 0.25) is 0 Å². The van der Waals surface area contributed by atoms with Crippen LogP contribution in [-0.2, 0) is 4.74 Å². The zero-order valence-corrected chi connectivity index (χ0v) is 10.0. The zero-order chi connectivity index (χ0) is 11.4. The molecule has 84 valence electrons. The number of ether oxygens (including phenoxy) is 1. The molecule has 0 saturated carbocycles. The van der Waals surface area contributed by atoms with E-state index in [1.807, 2.05) is 24.3 Å². The van der Waals surface area contributed by atoms with Crippen molar-refractivity contribution in [3.8, 4) is 0 Å². The van der Waals surface area contributed by atoms with Crippen molar-refractivity contribution in [3.05, 3.63) is 29.8 Å². The quantitative estimate of drug-likeness (QED) is 0.768. The lowest BCUT2D eigenvalue weighted by Crippen LogP contribution is -2.15. The van der Waals surface area contributed by atoms with Gasteiger partial charge in [-0.05, 0) is 37.5 Å². The van der Waals surface area contributed by atoms with Crippen molar-refractivity contribution in [3.63, 3.8) is 0 Å². The van der Waals surface area contributed by atoms with E-state index in [9.17, 15) is 0 Å². The molecular formula is C13H21NO. The summed E-state index contributed by atoms with van der Waals surface area (Å²) in [5.41, 5.74) is 7.66. The summed E-state index contributed by atoms with van der Waals surface area (Å²) >= 11 is 0. The van der Waals surface area contributed by atoms with Crippen molar-refractivity contribution in [2.24, 2.45) is 5.92 Å². The highest BCUT2D eigenvalue weighted by Crippen LogP contribution is 2.27. The van der Waals surface area contributed by atoms with Gasteiger partial charge in [0.05, 0.1) is 12.2 Å². The molecule has 0 aliphatic heterocycles. The molecule has 1 atom stereocenters. The minimum Gasteiger partial charge on any atom is -0.399 e. The summed E-state index contributed by atoms with van der Waals surface area (Å²) in [5.74, 6) is 0.469. The van der Waals surface area contributed by atoms with Gasteiger partial charge in [0.15, 0.2) is 0 Å². The van der Waals surface area contributed by atoms with Gasteiger partial charge >= 0.3 is 0 Å². The third-order valence-corrected chi connectivity index (χ3v) is 2.29. The van der Waals surface area contributed by atoms with Crippen LogP contribution in [0.2, 0.25) is 0 Å². The van der Waals surface area contributed by atoms with E-state index in [4.69, 9.17) is 10.5 Å². The summed E-state index contributed by atoms with van der Waals surface area (Å²) in [6, 6.07) is 7.94. The highest BCUT2D eigenvalue weighted by Gasteiger charge is 2.17. The Hall–Kier alpha value is -1.02. The third-order valence-electron chi connectivity index (χ3n) is 2.29. The lowest BCUT2D eigenvalue weighted by molar-refractivity contribution is -0.0199. The Kier molecular flexibility index (Phi) is 4.15. The van der Waals surface area contributed by atoms with Crippen molar-refractivity contribution >= 4 is 5.69 Å². The number of benzene rings is 1. The maximum absolute atomic E-state index is 5.90. The number of hydrogen-bond acceptors (Lipinski definition) is 2. The van der Waals surface area contributed by atoms with Crippen LogP contribution >= 0.6 is 0 Å². The zero-order valence-electron chi connectivity index (χ0n) is 10.0. The van der Waals surface area contributed by atoms with Gasteiger partial charge in [-0.3, -0.25) is 0 Å². The molecule has 1 aromatic carbocycles. The molecule has 0 aliphatic carbocycles. The fourth-order valence-electron chi connectivity index (χ4n) is 1.60. The average molecular weight is 207 g/mol. The first-order valence-electron chi connectivity index (χ1n) is 5.51. The van der Waals surface area contributed by atoms with Crippen LogP contribution in [0.4, 0.5) is 5.69 Å². The Morgan fingerprint density at radius 3 is 1.93 bits per heavy atom. The van der Waals surface area contributed by atoms with Gasteiger partial charge in [-0.25, -0.2) is 0 Å². The molecule has 0 aromatic heterocycles. The lowest BCUT2D eigenvalue weighted by Gasteiger charge is -2.24. The topological polar surface area (TPSA) is 35.2 Å². The number of anilines is 1. The number of nitrogen functional groups attached to an aromatic ring is 1. The first-order valence-corrected chi connectivity index (χ1v) is 5.51. The molecule has 0 bridgehead atoms. The molecule has 1 rings (SSSR count). The van der Waals surface area contributed by atoms with Gasteiger partial charge in [0, 0.05) is 5.69 Å². The fraction of sp³-hybridized carbons (Fsp3) is 0.538. The van der Waals surface area contributed by atoms with E-state index in [0.717, 1.165) is 5.69 Å². The minimum absolute atomic E-state index is 0.158. The maximum atomic E-state index is 5.90. The normalized spacial score (nSPS) is 13.5. The van der Waals surface area contributed by atoms with E-state index in [1.165, 1.54) is 5.56 Å². The predicted octanol–water partition coefficient (Wildman–Crippen LogP) is 3.39. The molecule has 1 unspecified atom stereocenters. The molecule has 0 amide bonds. The Labute approximate surface area is 92.4 Å². The van der Waals surface area contributed by atoms with E-state index in [-0.39, 0.29) is 12.2 Å². The number of hydrogen-bond donors (Lipinski definition) is 1. The Bertz CT molecular complexity index is 290. The molecule has 1 aromatic rings. The second-order valence-corrected chi connectivity index (χ2v) is 4.52. The van der Waals surface area contributed by atoms with Crippen molar-refractivity contribution in [2.45, 2.75) is 39.9 Å². The van der Waals surface area contributed by atoms with Crippen LogP contribution in [0.25, 0.3) is 0 Å². The molecule has 0 spiro atoms. The Morgan fingerprint density at radius 1 is 1.00 bits per heavy atom. The SMILES string of the molecule is CC(C)OC(c1ccc(N)cc1)C(C)C. The highest BCUT2D eigenvalue weighted by atomic mass is 16.5. The Balaban J connectivity index is 2.84. The second kappa shape index (κ2) is 5.17. The van der Waals surface area contributed by atoms with Gasteiger partial charge in [-0.1, -0.05) is 26.0 Å². The summed E-state index contributed by atoms with van der Waals surface area (Å²) in [7, 11) is 0. The molecule has 0 saturated heterocycles. The summed E-state index contributed by atoms with van der Waals surface area (Å²) in [6.07, 6.45) is 0.403. The first kappa shape index (κ1) is 12.1. The van der Waals surface area contributed by atoms with Gasteiger partial charge in [-0.2, -0.15) is 0 Å². The van der Waals surface area contributed by atoms with Crippen molar-refractivity contribution in [1.82, 2.24) is 0 Å². The van der Waals surface area contributed by atoms with E-state index in [0.29, 0.717) is 5.92 Å². The van der Waals surface area contributed by atoms with Crippen molar-refractivity contribution < 1.29 is 4.74 Å². The second-order valence-electron chi connectivity index (χ2n) is 4.52. The van der Waals surface area contributed by atoms with Crippen LogP contribution in [0.3, 0.4) is 0 Å². The van der Waals surface area contributed by atoms with Gasteiger partial charge in [-0.15, -0.1) is 0 Å². The molecule has 0 heterocycles. The minimum atomic E-state index is 0.158. The molecule has 0 fully saturated rings. The molecule has 2 nitrogen and oxygen atoms in total. The van der Waals surface area contributed by atoms with Gasteiger partial charge in [0.1, 0.15) is 0 Å². The van der Waals surface area contributed by atoms with Crippen LogP contribution in [0.1, 0.15) is 39.4 Å². The average Bonchev–Trinajstić information content (AvgIpc) is 2.15. The molecule has 2 heteroatoms. The third kappa shape index (κ3) is 3.56. The molecule has 2 N–H and O–H groups in total. The predicted molar refractivity (Wildman–Crippen MR) is 64.7 cm³/mol. The summed E-state index contributed by atoms with van der Waals surface area (Å²) in [6.45, 7) is 8.46. The highest BCUT2D eigenvalue weighted by molar-refractivity contribution is 5.39. The Morgan fingerprint density at radius 2 is 1.53 bits per heavy atom. The lowest BCUT2D eigenvalue weighted by atomic mass is 9.98. The van der Waals surface area contributed by atoms with E-state index < -0.39 is 0 Å². The van der Waals surface area contributed by atoms with Crippen LogP contribution in [-0.4, -0.2) is 6.10 Å². The van der Waals surface area contributed by atoms with E-state index in [1.54, 1.807) is 0 Å². The number of rotatable bonds is 4. The molecular weight excluding hydrogens is 186 g/mol. The summed E-state index contributed by atoms with van der Waals surface area (Å²) in [4.78, 5) is 0. The van der Waals surface area contributed by atoms with Crippen LogP contribution < -0.4 is 5.73 Å². The maximum Gasteiger partial charge on any atom is 0.0851 e. The van der Waals surface area contributed by atoms with Crippen molar-refractivity contribution in [2.75, 3.05) is 5.73 Å². The van der Waals surface area contributed by atoms with Gasteiger partial charge in [0.25, 0.3) is 0 Å². The smallest absolute Gasteiger partial charge is 0.0851 e.